The van der Waals surface area contributed by atoms with Crippen LogP contribution in [0.3, 0.4) is 0 Å². The van der Waals surface area contributed by atoms with Gasteiger partial charge in [0.25, 0.3) is 0 Å². The fraction of sp³-hybridized carbons (Fsp3) is 0.538. The Labute approximate surface area is 116 Å². The Balaban J connectivity index is 2.01. The number of ether oxygens (including phenoxy) is 2. The predicted molar refractivity (Wildman–Crippen MR) is 72.6 cm³/mol. The number of halogens is 1. The van der Waals surface area contributed by atoms with Gasteiger partial charge in [-0.2, -0.15) is 5.10 Å². The molecule has 1 fully saturated rings. The third-order valence-corrected chi connectivity index (χ3v) is 3.48. The van der Waals surface area contributed by atoms with E-state index in [1.165, 1.54) is 0 Å². The molecule has 19 heavy (non-hydrogen) atoms. The zero-order valence-corrected chi connectivity index (χ0v) is 11.8. The normalized spacial score (nSPS) is 17.4. The molecule has 102 valence electrons. The molecular weight excluding hydrogens is 266 g/mol. The summed E-state index contributed by atoms with van der Waals surface area (Å²) in [5.74, 6) is 0.547. The lowest BCUT2D eigenvalue weighted by Gasteiger charge is -2.37. The average Bonchev–Trinajstić information content (AvgIpc) is 2.71. The molecule has 3 heterocycles. The Morgan fingerprint density at radius 3 is 2.95 bits per heavy atom. The minimum atomic E-state index is 0.153. The van der Waals surface area contributed by atoms with E-state index >= 15 is 0 Å². The minimum absolute atomic E-state index is 0.153. The molecule has 1 saturated heterocycles. The van der Waals surface area contributed by atoms with Crippen molar-refractivity contribution in [3.05, 3.63) is 17.4 Å². The van der Waals surface area contributed by atoms with Crippen molar-refractivity contribution in [1.82, 2.24) is 14.8 Å². The largest absolute Gasteiger partial charge is 0.477 e. The lowest BCUT2D eigenvalue weighted by Crippen LogP contribution is -2.43. The van der Waals surface area contributed by atoms with Crippen molar-refractivity contribution < 1.29 is 9.47 Å². The average molecular weight is 282 g/mol. The van der Waals surface area contributed by atoms with Gasteiger partial charge in [-0.1, -0.05) is 18.5 Å². The summed E-state index contributed by atoms with van der Waals surface area (Å²) in [6.45, 7) is 7.01. The fourth-order valence-corrected chi connectivity index (χ4v) is 2.47. The molecule has 0 atom stereocenters. The van der Waals surface area contributed by atoms with Gasteiger partial charge >= 0.3 is 0 Å². The quantitative estimate of drug-likeness (QED) is 0.808. The predicted octanol–water partition coefficient (Wildman–Crippen LogP) is 2.52. The Hall–Kier alpha value is -1.33. The van der Waals surface area contributed by atoms with Gasteiger partial charge in [0, 0.05) is 11.5 Å². The molecule has 6 heteroatoms. The van der Waals surface area contributed by atoms with E-state index in [1.807, 2.05) is 17.7 Å². The molecule has 0 unspecified atom stereocenters. The van der Waals surface area contributed by atoms with Gasteiger partial charge in [-0.15, -0.1) is 0 Å². The molecule has 0 radical (unpaired) electrons. The van der Waals surface area contributed by atoms with Gasteiger partial charge in [0.15, 0.2) is 0 Å². The molecule has 0 aromatic carbocycles. The van der Waals surface area contributed by atoms with Gasteiger partial charge in [-0.05, 0) is 6.92 Å². The molecule has 1 aliphatic heterocycles. The van der Waals surface area contributed by atoms with Gasteiger partial charge < -0.3 is 9.47 Å². The van der Waals surface area contributed by atoms with Crippen LogP contribution in [0.2, 0.25) is 5.15 Å². The van der Waals surface area contributed by atoms with E-state index in [0.29, 0.717) is 17.6 Å². The summed E-state index contributed by atoms with van der Waals surface area (Å²) in [5.41, 5.74) is 1.11. The summed E-state index contributed by atoms with van der Waals surface area (Å²) in [4.78, 5) is 4.20. The van der Waals surface area contributed by atoms with E-state index in [2.05, 4.69) is 17.0 Å². The number of aromatic nitrogens is 3. The summed E-state index contributed by atoms with van der Waals surface area (Å²) in [7, 11) is 0. The van der Waals surface area contributed by atoms with Gasteiger partial charge in [0.1, 0.15) is 5.15 Å². The standard InChI is InChI=1S/C13H16ClN3O2/c1-3-19-12-9-5-15-17(6-13(2)7-18-8-13)10(9)4-11(14)16-12/h4-5H,3,6-8H2,1-2H3. The molecular formula is C13H16ClN3O2. The monoisotopic (exact) mass is 281 g/mol. The topological polar surface area (TPSA) is 49.2 Å². The molecule has 0 aliphatic carbocycles. The molecule has 0 spiro atoms. The second-order valence-corrected chi connectivity index (χ2v) is 5.61. The van der Waals surface area contributed by atoms with Crippen LogP contribution in [0.4, 0.5) is 0 Å². The Morgan fingerprint density at radius 1 is 1.53 bits per heavy atom. The number of fused-ring (bicyclic) bond motifs is 1. The fourth-order valence-electron chi connectivity index (χ4n) is 2.29. The van der Waals surface area contributed by atoms with Crippen LogP contribution >= 0.6 is 11.6 Å². The zero-order chi connectivity index (χ0) is 13.5. The van der Waals surface area contributed by atoms with Crippen LogP contribution in [0.15, 0.2) is 12.3 Å². The molecule has 2 aromatic rings. The summed E-state index contributed by atoms with van der Waals surface area (Å²) < 4.78 is 12.7. The molecule has 0 saturated carbocycles. The first-order valence-electron chi connectivity index (χ1n) is 6.34. The Bertz CT molecular complexity index is 607. The Morgan fingerprint density at radius 2 is 2.32 bits per heavy atom. The minimum Gasteiger partial charge on any atom is -0.477 e. The highest BCUT2D eigenvalue weighted by atomic mass is 35.5. The van der Waals surface area contributed by atoms with Gasteiger partial charge in [0.05, 0.1) is 43.5 Å². The second-order valence-electron chi connectivity index (χ2n) is 5.22. The molecule has 3 rings (SSSR count). The Kier molecular flexibility index (Phi) is 3.11. The lowest BCUT2D eigenvalue weighted by atomic mass is 9.89. The van der Waals surface area contributed by atoms with Crippen LogP contribution in [0, 0.1) is 5.41 Å². The van der Waals surface area contributed by atoms with E-state index in [4.69, 9.17) is 21.1 Å². The van der Waals surface area contributed by atoms with Crippen LogP contribution in [0.25, 0.3) is 10.9 Å². The van der Waals surface area contributed by atoms with Crippen LogP contribution in [0.5, 0.6) is 5.88 Å². The third kappa shape index (κ3) is 2.28. The van der Waals surface area contributed by atoms with E-state index < -0.39 is 0 Å². The van der Waals surface area contributed by atoms with Crippen LogP contribution < -0.4 is 4.74 Å². The lowest BCUT2D eigenvalue weighted by molar-refractivity contribution is -0.111. The maximum absolute atomic E-state index is 6.05. The van der Waals surface area contributed by atoms with Crippen molar-refractivity contribution in [2.24, 2.45) is 5.41 Å². The third-order valence-electron chi connectivity index (χ3n) is 3.29. The molecule has 1 aliphatic rings. The highest BCUT2D eigenvalue weighted by molar-refractivity contribution is 6.30. The SMILES string of the molecule is CCOc1nc(Cl)cc2c1cnn2CC1(C)COC1. The van der Waals surface area contributed by atoms with E-state index in [9.17, 15) is 0 Å². The summed E-state index contributed by atoms with van der Waals surface area (Å²) in [6, 6.07) is 1.83. The molecule has 0 N–H and O–H groups in total. The van der Waals surface area contributed by atoms with E-state index in [-0.39, 0.29) is 5.41 Å². The van der Waals surface area contributed by atoms with Crippen molar-refractivity contribution in [3.8, 4) is 5.88 Å². The van der Waals surface area contributed by atoms with E-state index in [0.717, 1.165) is 30.7 Å². The summed E-state index contributed by atoms with van der Waals surface area (Å²) in [5, 5.41) is 5.75. The van der Waals surface area contributed by atoms with Crippen molar-refractivity contribution in [2.45, 2.75) is 20.4 Å². The zero-order valence-electron chi connectivity index (χ0n) is 11.0. The number of rotatable bonds is 4. The first-order chi connectivity index (χ1) is 9.11. The maximum Gasteiger partial charge on any atom is 0.226 e. The van der Waals surface area contributed by atoms with E-state index in [1.54, 1.807) is 6.20 Å². The molecule has 5 nitrogen and oxygen atoms in total. The van der Waals surface area contributed by atoms with Gasteiger partial charge in [-0.3, -0.25) is 4.68 Å². The second kappa shape index (κ2) is 4.65. The highest BCUT2D eigenvalue weighted by Crippen LogP contribution is 2.32. The number of pyridine rings is 1. The first kappa shape index (κ1) is 12.7. The smallest absolute Gasteiger partial charge is 0.226 e. The number of hydrogen-bond acceptors (Lipinski definition) is 4. The van der Waals surface area contributed by atoms with Gasteiger partial charge in [0.2, 0.25) is 5.88 Å². The van der Waals surface area contributed by atoms with Crippen LogP contribution in [-0.4, -0.2) is 34.6 Å². The molecule has 0 amide bonds. The van der Waals surface area contributed by atoms with Crippen LogP contribution in [-0.2, 0) is 11.3 Å². The molecule has 0 bridgehead atoms. The van der Waals surface area contributed by atoms with Crippen molar-refractivity contribution in [2.75, 3.05) is 19.8 Å². The van der Waals surface area contributed by atoms with Crippen LogP contribution in [0.1, 0.15) is 13.8 Å². The van der Waals surface area contributed by atoms with Gasteiger partial charge in [-0.25, -0.2) is 4.98 Å². The summed E-state index contributed by atoms with van der Waals surface area (Å²) >= 11 is 6.05. The van der Waals surface area contributed by atoms with Crippen molar-refractivity contribution >= 4 is 22.5 Å². The summed E-state index contributed by atoms with van der Waals surface area (Å²) in [6.07, 6.45) is 1.78. The van der Waals surface area contributed by atoms with Crippen molar-refractivity contribution in [1.29, 1.82) is 0 Å². The first-order valence-corrected chi connectivity index (χ1v) is 6.72. The molecule has 2 aromatic heterocycles. The van der Waals surface area contributed by atoms with Crippen molar-refractivity contribution in [3.63, 3.8) is 0 Å². The number of nitrogens with zero attached hydrogens (tertiary/aromatic N) is 3. The number of hydrogen-bond donors (Lipinski definition) is 0. The maximum atomic E-state index is 6.05. The highest BCUT2D eigenvalue weighted by Gasteiger charge is 2.34.